The zero-order valence-electron chi connectivity index (χ0n) is 13.2. The van der Waals surface area contributed by atoms with Gasteiger partial charge in [-0.3, -0.25) is 0 Å². The van der Waals surface area contributed by atoms with Crippen molar-refractivity contribution in [3.63, 3.8) is 0 Å². The number of benzene rings is 3. The Labute approximate surface area is 146 Å². The summed E-state index contributed by atoms with van der Waals surface area (Å²) in [5.41, 5.74) is 9.10. The van der Waals surface area contributed by atoms with Gasteiger partial charge < -0.3 is 0 Å². The minimum atomic E-state index is 1.27. The molecule has 0 aliphatic rings. The third-order valence-corrected chi connectivity index (χ3v) is 5.74. The van der Waals surface area contributed by atoms with E-state index in [0.29, 0.717) is 0 Å². The number of aryl methyl sites for hydroxylation is 3. The summed E-state index contributed by atoms with van der Waals surface area (Å²) in [6.07, 6.45) is 0. The van der Waals surface area contributed by atoms with Crippen LogP contribution in [0.3, 0.4) is 0 Å². The highest BCUT2D eigenvalue weighted by Crippen LogP contribution is 2.28. The van der Waals surface area contributed by atoms with Gasteiger partial charge in [-0.15, -0.1) is 0 Å². The maximum Gasteiger partial charge on any atom is 0.0189 e. The average molecular weight is 398 g/mol. The lowest BCUT2D eigenvalue weighted by atomic mass is 9.97. The molecule has 110 valence electrons. The third-order valence-electron chi connectivity index (χ3n) is 4.04. The van der Waals surface area contributed by atoms with Crippen LogP contribution in [0.1, 0.15) is 16.7 Å². The fraction of sp³-hybridized carbons (Fsp3) is 0.143. The highest BCUT2D eigenvalue weighted by molar-refractivity contribution is 14.1. The molecule has 0 nitrogen and oxygen atoms in total. The Kier molecular flexibility index (Phi) is 4.34. The van der Waals surface area contributed by atoms with Crippen LogP contribution in [0.15, 0.2) is 60.7 Å². The molecule has 0 heterocycles. The van der Waals surface area contributed by atoms with E-state index in [4.69, 9.17) is 0 Å². The lowest BCUT2D eigenvalue weighted by Crippen LogP contribution is -1.88. The second-order valence-electron chi connectivity index (χ2n) is 5.87. The first-order valence-electron chi connectivity index (χ1n) is 7.49. The Morgan fingerprint density at radius 1 is 0.545 bits per heavy atom. The van der Waals surface area contributed by atoms with Crippen molar-refractivity contribution in [1.82, 2.24) is 0 Å². The van der Waals surface area contributed by atoms with Crippen molar-refractivity contribution in [3.8, 4) is 22.3 Å². The molecule has 0 unspecified atom stereocenters. The minimum absolute atomic E-state index is 1.27. The summed E-state index contributed by atoms with van der Waals surface area (Å²) >= 11 is 2.42. The van der Waals surface area contributed by atoms with E-state index in [0.717, 1.165) is 0 Å². The van der Waals surface area contributed by atoms with Crippen molar-refractivity contribution >= 4 is 22.6 Å². The molecule has 0 saturated heterocycles. The molecule has 0 bridgehead atoms. The molecule has 0 spiro atoms. The Morgan fingerprint density at radius 3 is 1.36 bits per heavy atom. The van der Waals surface area contributed by atoms with Gasteiger partial charge in [0.2, 0.25) is 0 Å². The van der Waals surface area contributed by atoms with Crippen LogP contribution in [0.25, 0.3) is 22.3 Å². The van der Waals surface area contributed by atoms with Crippen molar-refractivity contribution in [2.75, 3.05) is 0 Å². The molecule has 0 amide bonds. The highest BCUT2D eigenvalue weighted by atomic mass is 127. The minimum Gasteiger partial charge on any atom is -0.0587 e. The molecule has 3 aromatic carbocycles. The van der Waals surface area contributed by atoms with Crippen molar-refractivity contribution in [2.24, 2.45) is 0 Å². The molecular weight excluding hydrogens is 379 g/mol. The summed E-state index contributed by atoms with van der Waals surface area (Å²) in [5.74, 6) is 0. The summed E-state index contributed by atoms with van der Waals surface area (Å²) in [7, 11) is 0. The maximum atomic E-state index is 2.42. The summed E-state index contributed by atoms with van der Waals surface area (Å²) in [4.78, 5) is 0. The molecule has 0 saturated carbocycles. The van der Waals surface area contributed by atoms with Crippen molar-refractivity contribution in [2.45, 2.75) is 20.8 Å². The van der Waals surface area contributed by atoms with Crippen molar-refractivity contribution in [1.29, 1.82) is 0 Å². The molecule has 1 heteroatoms. The first-order chi connectivity index (χ1) is 10.5. The normalized spacial score (nSPS) is 10.7. The first kappa shape index (κ1) is 15.3. The second kappa shape index (κ2) is 6.25. The smallest absolute Gasteiger partial charge is 0.0189 e. The third kappa shape index (κ3) is 3.09. The van der Waals surface area contributed by atoms with E-state index in [2.05, 4.69) is 104 Å². The molecule has 22 heavy (non-hydrogen) atoms. The van der Waals surface area contributed by atoms with E-state index in [9.17, 15) is 0 Å². The largest absolute Gasteiger partial charge is 0.0587 e. The summed E-state index contributed by atoms with van der Waals surface area (Å²) in [5, 5.41) is 0. The molecule has 0 atom stereocenters. The summed E-state index contributed by atoms with van der Waals surface area (Å²) in [6.45, 7) is 6.48. The van der Waals surface area contributed by atoms with Crippen LogP contribution in [-0.2, 0) is 0 Å². The molecule has 0 fully saturated rings. The quantitative estimate of drug-likeness (QED) is 0.430. The van der Waals surface area contributed by atoms with Crippen LogP contribution in [0.5, 0.6) is 0 Å². The topological polar surface area (TPSA) is 0 Å². The fourth-order valence-corrected chi connectivity index (χ4v) is 3.03. The molecule has 0 aliphatic heterocycles. The van der Waals surface area contributed by atoms with E-state index in [-0.39, 0.29) is 0 Å². The zero-order chi connectivity index (χ0) is 15.7. The maximum absolute atomic E-state index is 2.42. The van der Waals surface area contributed by atoms with Gasteiger partial charge in [0.1, 0.15) is 0 Å². The molecule has 0 N–H and O–H groups in total. The van der Waals surface area contributed by atoms with E-state index in [1.165, 1.54) is 42.5 Å². The predicted molar refractivity (Wildman–Crippen MR) is 104 cm³/mol. The lowest BCUT2D eigenvalue weighted by Gasteiger charge is -2.09. The molecule has 3 aromatic rings. The zero-order valence-corrected chi connectivity index (χ0v) is 15.3. The van der Waals surface area contributed by atoms with Gasteiger partial charge in [-0.05, 0) is 76.7 Å². The van der Waals surface area contributed by atoms with Gasteiger partial charge in [0, 0.05) is 3.57 Å². The first-order valence-corrected chi connectivity index (χ1v) is 8.57. The predicted octanol–water partition coefficient (Wildman–Crippen LogP) is 6.55. The van der Waals surface area contributed by atoms with E-state index >= 15 is 0 Å². The van der Waals surface area contributed by atoms with Gasteiger partial charge in [0.15, 0.2) is 0 Å². The number of hydrogen-bond acceptors (Lipinski definition) is 0. The Balaban J connectivity index is 1.96. The van der Waals surface area contributed by atoms with E-state index in [1.54, 1.807) is 0 Å². The van der Waals surface area contributed by atoms with E-state index in [1.807, 2.05) is 0 Å². The Morgan fingerprint density at radius 2 is 0.909 bits per heavy atom. The van der Waals surface area contributed by atoms with Crippen LogP contribution in [0, 0.1) is 24.3 Å². The van der Waals surface area contributed by atoms with Gasteiger partial charge in [-0.1, -0.05) is 66.2 Å². The number of rotatable bonds is 2. The number of halogens is 1. The molecule has 0 aliphatic carbocycles. The molecule has 0 radical (unpaired) electrons. The van der Waals surface area contributed by atoms with Gasteiger partial charge >= 0.3 is 0 Å². The van der Waals surface area contributed by atoms with Gasteiger partial charge in [0.25, 0.3) is 0 Å². The second-order valence-corrected chi connectivity index (χ2v) is 6.95. The van der Waals surface area contributed by atoms with Crippen LogP contribution in [0.4, 0.5) is 0 Å². The van der Waals surface area contributed by atoms with Crippen molar-refractivity contribution in [3.05, 3.63) is 80.9 Å². The van der Waals surface area contributed by atoms with Crippen LogP contribution in [-0.4, -0.2) is 0 Å². The van der Waals surface area contributed by atoms with Gasteiger partial charge in [-0.2, -0.15) is 0 Å². The lowest BCUT2D eigenvalue weighted by molar-refractivity contribution is 1.34. The SMILES string of the molecule is Cc1ccc(-c2ccc(-c3cc(C)c(I)c(C)c3)cc2)cc1. The van der Waals surface area contributed by atoms with Gasteiger partial charge in [0.05, 0.1) is 0 Å². The summed E-state index contributed by atoms with van der Waals surface area (Å²) in [6, 6.07) is 22.1. The molecule has 0 aromatic heterocycles. The Hall–Kier alpha value is -1.61. The van der Waals surface area contributed by atoms with Crippen molar-refractivity contribution < 1.29 is 0 Å². The highest BCUT2D eigenvalue weighted by Gasteiger charge is 2.05. The molecule has 3 rings (SSSR count). The molecular formula is C21H19I. The monoisotopic (exact) mass is 398 g/mol. The van der Waals surface area contributed by atoms with Crippen LogP contribution in [0.2, 0.25) is 0 Å². The Bertz CT molecular complexity index is 773. The van der Waals surface area contributed by atoms with Crippen LogP contribution >= 0.6 is 22.6 Å². The summed E-state index contributed by atoms with van der Waals surface area (Å²) < 4.78 is 1.36. The number of hydrogen-bond donors (Lipinski definition) is 0. The van der Waals surface area contributed by atoms with E-state index < -0.39 is 0 Å². The van der Waals surface area contributed by atoms with Crippen LogP contribution < -0.4 is 0 Å². The standard InChI is InChI=1S/C21H19I/c1-14-4-6-17(7-5-14)18-8-10-19(11-9-18)20-12-15(2)21(22)16(3)13-20/h4-13H,1-3H3. The fourth-order valence-electron chi connectivity index (χ4n) is 2.71. The van der Waals surface area contributed by atoms with Gasteiger partial charge in [-0.25, -0.2) is 0 Å². The average Bonchev–Trinajstić information content (AvgIpc) is 2.53.